The maximum Gasteiger partial charge on any atom is 0.340 e. The van der Waals surface area contributed by atoms with Crippen LogP contribution in [-0.4, -0.2) is 28.9 Å². The van der Waals surface area contributed by atoms with Crippen molar-refractivity contribution in [2.75, 3.05) is 5.32 Å². The van der Waals surface area contributed by atoms with Crippen LogP contribution in [0.3, 0.4) is 0 Å². The second-order valence-electron chi connectivity index (χ2n) is 7.26. The van der Waals surface area contributed by atoms with Crippen molar-refractivity contribution in [3.63, 3.8) is 0 Å². The zero-order valence-electron chi connectivity index (χ0n) is 17.6. The second-order valence-corrected chi connectivity index (χ2v) is 7.26. The average molecular weight is 399 g/mol. The molecule has 1 aromatic heterocycles. The molecule has 0 fully saturated rings. The molecule has 3 N–H and O–H groups in total. The first-order valence-electron chi connectivity index (χ1n) is 9.80. The van der Waals surface area contributed by atoms with Crippen molar-refractivity contribution in [1.29, 1.82) is 0 Å². The number of aromatic nitrogens is 1. The molecule has 0 radical (unpaired) electrons. The number of aryl methyl sites for hydroxylation is 1. The van der Waals surface area contributed by atoms with E-state index in [0.717, 1.165) is 17.7 Å². The van der Waals surface area contributed by atoms with Crippen LogP contribution in [0.5, 0.6) is 0 Å². The number of hydrogen-bond donors (Lipinski definition) is 3. The third-order valence-corrected chi connectivity index (χ3v) is 4.38. The lowest BCUT2D eigenvalue weighted by atomic mass is 10.1. The highest BCUT2D eigenvalue weighted by Crippen LogP contribution is 2.20. The number of carbonyl (C=O) groups excluding carboxylic acids is 3. The number of rotatable bonds is 8. The van der Waals surface area contributed by atoms with E-state index in [4.69, 9.17) is 4.74 Å². The van der Waals surface area contributed by atoms with E-state index in [-0.39, 0.29) is 17.9 Å². The first-order chi connectivity index (χ1) is 13.7. The van der Waals surface area contributed by atoms with E-state index < -0.39 is 5.97 Å². The Balaban J connectivity index is 2.01. The van der Waals surface area contributed by atoms with Crippen LogP contribution in [0.1, 0.15) is 71.3 Å². The van der Waals surface area contributed by atoms with Gasteiger partial charge in [0.2, 0.25) is 5.91 Å². The monoisotopic (exact) mass is 399 g/mol. The van der Waals surface area contributed by atoms with Gasteiger partial charge in [-0.3, -0.25) is 9.59 Å². The van der Waals surface area contributed by atoms with Gasteiger partial charge in [-0.1, -0.05) is 19.1 Å². The quantitative estimate of drug-likeness (QED) is 0.587. The van der Waals surface area contributed by atoms with Gasteiger partial charge in [-0.05, 0) is 57.4 Å². The van der Waals surface area contributed by atoms with E-state index >= 15 is 0 Å². The van der Waals surface area contributed by atoms with Gasteiger partial charge in [0.15, 0.2) is 0 Å². The molecular formula is C22H29N3O4. The normalized spacial score (nSPS) is 10.7. The minimum absolute atomic E-state index is 0.0158. The Morgan fingerprint density at radius 2 is 1.76 bits per heavy atom. The van der Waals surface area contributed by atoms with Gasteiger partial charge in [-0.15, -0.1) is 0 Å². The first kappa shape index (κ1) is 22.2. The Morgan fingerprint density at radius 1 is 1.10 bits per heavy atom. The largest absolute Gasteiger partial charge is 0.459 e. The lowest BCUT2D eigenvalue weighted by molar-refractivity contribution is -0.116. The Labute approximate surface area is 171 Å². The molecule has 2 amide bonds. The number of anilines is 1. The molecule has 7 nitrogen and oxygen atoms in total. The zero-order chi connectivity index (χ0) is 21.6. The molecule has 156 valence electrons. The van der Waals surface area contributed by atoms with Crippen molar-refractivity contribution in [2.24, 2.45) is 0 Å². The molecule has 2 rings (SSSR count). The number of aromatic amines is 1. The van der Waals surface area contributed by atoms with Crippen molar-refractivity contribution in [3.8, 4) is 0 Å². The highest BCUT2D eigenvalue weighted by Gasteiger charge is 2.23. The molecule has 0 aliphatic heterocycles. The summed E-state index contributed by atoms with van der Waals surface area (Å²) in [6.07, 6.45) is 1.05. The van der Waals surface area contributed by atoms with Gasteiger partial charge in [0.1, 0.15) is 5.69 Å². The molecule has 0 unspecified atom stereocenters. The summed E-state index contributed by atoms with van der Waals surface area (Å²) in [4.78, 5) is 39.5. The van der Waals surface area contributed by atoms with Crippen LogP contribution < -0.4 is 10.6 Å². The number of benzene rings is 1. The predicted octanol–water partition coefficient (Wildman–Crippen LogP) is 3.87. The summed E-state index contributed by atoms with van der Waals surface area (Å²) in [5.74, 6) is -0.751. The summed E-state index contributed by atoms with van der Waals surface area (Å²) in [6, 6.07) is 7.30. The van der Waals surface area contributed by atoms with E-state index in [1.54, 1.807) is 39.8 Å². The number of nitrogens with one attached hydrogen (secondary N) is 3. The predicted molar refractivity (Wildman–Crippen MR) is 112 cm³/mol. The molecule has 1 aromatic carbocycles. The molecule has 2 aromatic rings. The Bertz CT molecular complexity index is 882. The van der Waals surface area contributed by atoms with Crippen LogP contribution in [0, 0.1) is 13.8 Å². The molecule has 0 saturated carbocycles. The van der Waals surface area contributed by atoms with Crippen molar-refractivity contribution >= 4 is 23.5 Å². The molecule has 0 aliphatic rings. The number of carbonyl (C=O) groups is 3. The zero-order valence-corrected chi connectivity index (χ0v) is 17.6. The van der Waals surface area contributed by atoms with Crippen LogP contribution in [-0.2, 0) is 16.1 Å². The molecule has 29 heavy (non-hydrogen) atoms. The van der Waals surface area contributed by atoms with Gasteiger partial charge in [0, 0.05) is 24.3 Å². The summed E-state index contributed by atoms with van der Waals surface area (Å²) in [7, 11) is 0. The van der Waals surface area contributed by atoms with E-state index in [1.807, 2.05) is 19.1 Å². The molecule has 0 saturated heterocycles. The Hall–Kier alpha value is -3.09. The number of esters is 1. The van der Waals surface area contributed by atoms with Gasteiger partial charge in [0.05, 0.1) is 11.7 Å². The molecule has 7 heteroatoms. The highest BCUT2D eigenvalue weighted by atomic mass is 16.5. The number of amides is 2. The number of H-pyrrole nitrogens is 1. The van der Waals surface area contributed by atoms with Crippen molar-refractivity contribution in [3.05, 3.63) is 52.3 Å². The van der Waals surface area contributed by atoms with E-state index in [0.29, 0.717) is 35.5 Å². The summed E-state index contributed by atoms with van der Waals surface area (Å²) in [5, 5.41) is 5.67. The third kappa shape index (κ3) is 5.94. The fourth-order valence-corrected chi connectivity index (χ4v) is 2.98. The maximum atomic E-state index is 12.6. The molecule has 0 spiro atoms. The van der Waals surface area contributed by atoms with Crippen molar-refractivity contribution < 1.29 is 19.1 Å². The van der Waals surface area contributed by atoms with Crippen molar-refractivity contribution in [2.45, 2.75) is 60.1 Å². The molecule has 1 heterocycles. The summed E-state index contributed by atoms with van der Waals surface area (Å²) >= 11 is 0. The van der Waals surface area contributed by atoms with Gasteiger partial charge in [0.25, 0.3) is 5.91 Å². The van der Waals surface area contributed by atoms with Crippen LogP contribution in [0.2, 0.25) is 0 Å². The van der Waals surface area contributed by atoms with Crippen LogP contribution >= 0.6 is 0 Å². The third-order valence-electron chi connectivity index (χ3n) is 4.38. The number of hydrogen-bond acceptors (Lipinski definition) is 4. The van der Waals surface area contributed by atoms with Gasteiger partial charge < -0.3 is 20.4 Å². The van der Waals surface area contributed by atoms with Gasteiger partial charge in [-0.25, -0.2) is 4.79 Å². The lowest BCUT2D eigenvalue weighted by Gasteiger charge is -2.09. The fourth-order valence-electron chi connectivity index (χ4n) is 2.98. The van der Waals surface area contributed by atoms with Gasteiger partial charge >= 0.3 is 5.97 Å². The molecule has 0 bridgehead atoms. The SMILES string of the molecule is CCCC(=O)Nc1ccc(CNC(=O)c2[nH]c(C)c(C(=O)OC(C)C)c2C)cc1. The average Bonchev–Trinajstić information content (AvgIpc) is 2.95. The van der Waals surface area contributed by atoms with Crippen LogP contribution in [0.4, 0.5) is 5.69 Å². The summed E-state index contributed by atoms with van der Waals surface area (Å²) < 4.78 is 5.25. The Morgan fingerprint density at radius 3 is 2.34 bits per heavy atom. The maximum absolute atomic E-state index is 12.6. The highest BCUT2D eigenvalue weighted by molar-refractivity contribution is 6.00. The Kier molecular flexibility index (Phi) is 7.59. The van der Waals surface area contributed by atoms with Gasteiger partial charge in [-0.2, -0.15) is 0 Å². The molecule has 0 aliphatic carbocycles. The minimum atomic E-state index is -0.439. The van der Waals surface area contributed by atoms with Crippen molar-refractivity contribution in [1.82, 2.24) is 10.3 Å². The fraction of sp³-hybridized carbons (Fsp3) is 0.409. The van der Waals surface area contributed by atoms with Crippen LogP contribution in [0.15, 0.2) is 24.3 Å². The summed E-state index contributed by atoms with van der Waals surface area (Å²) in [5.41, 5.74) is 3.54. The first-order valence-corrected chi connectivity index (χ1v) is 9.80. The van der Waals surface area contributed by atoms with E-state index in [1.165, 1.54) is 0 Å². The standard InChI is InChI=1S/C22H29N3O4/c1-6-7-18(26)25-17-10-8-16(9-11-17)12-23-21(27)20-14(4)19(15(5)24-20)22(28)29-13(2)3/h8-11,13,24H,6-7,12H2,1-5H3,(H,23,27)(H,25,26). The smallest absolute Gasteiger partial charge is 0.340 e. The van der Waals surface area contributed by atoms with Crippen LogP contribution in [0.25, 0.3) is 0 Å². The minimum Gasteiger partial charge on any atom is -0.459 e. The molecular weight excluding hydrogens is 370 g/mol. The van der Waals surface area contributed by atoms with E-state index in [2.05, 4.69) is 15.6 Å². The van der Waals surface area contributed by atoms with E-state index in [9.17, 15) is 14.4 Å². The topological polar surface area (TPSA) is 100 Å². The second kappa shape index (κ2) is 9.91. The number of ether oxygens (including phenoxy) is 1. The summed E-state index contributed by atoms with van der Waals surface area (Å²) in [6.45, 7) is 9.31. The lowest BCUT2D eigenvalue weighted by Crippen LogP contribution is -2.24. The molecule has 0 atom stereocenters.